The van der Waals surface area contributed by atoms with Crippen molar-refractivity contribution in [2.75, 3.05) is 39.9 Å². The van der Waals surface area contributed by atoms with Gasteiger partial charge < -0.3 is 15.4 Å². The lowest BCUT2D eigenvalue weighted by Gasteiger charge is -2.35. The molecule has 1 aliphatic rings. The van der Waals surface area contributed by atoms with Gasteiger partial charge >= 0.3 is 0 Å². The third kappa shape index (κ3) is 5.51. The number of hydrogen-bond donors (Lipinski definition) is 2. The van der Waals surface area contributed by atoms with Crippen LogP contribution in [0.5, 0.6) is 0 Å². The highest BCUT2D eigenvalue weighted by atomic mass is 32.1. The molecule has 2 heterocycles. The van der Waals surface area contributed by atoms with E-state index in [1.54, 1.807) is 30.5 Å². The second-order valence-electron chi connectivity index (χ2n) is 6.55. The van der Waals surface area contributed by atoms with Crippen molar-refractivity contribution >= 4 is 17.3 Å². The van der Waals surface area contributed by atoms with Crippen molar-refractivity contribution < 1.29 is 9.13 Å². The summed E-state index contributed by atoms with van der Waals surface area (Å²) in [5, 5.41) is 8.87. The van der Waals surface area contributed by atoms with Crippen LogP contribution in [0.2, 0.25) is 0 Å². The van der Waals surface area contributed by atoms with Crippen LogP contribution in [0.3, 0.4) is 0 Å². The maximum Gasteiger partial charge on any atom is 0.191 e. The predicted molar refractivity (Wildman–Crippen MR) is 109 cm³/mol. The fraction of sp³-hybridized carbons (Fsp3) is 0.450. The van der Waals surface area contributed by atoms with Crippen LogP contribution in [0, 0.1) is 12.7 Å². The van der Waals surface area contributed by atoms with Gasteiger partial charge in [-0.1, -0.05) is 12.1 Å². The van der Waals surface area contributed by atoms with Crippen LogP contribution in [0.25, 0.3) is 0 Å². The minimum Gasteiger partial charge on any atom is -0.379 e. The van der Waals surface area contributed by atoms with Gasteiger partial charge in [0.2, 0.25) is 0 Å². The number of thiophene rings is 1. The molecule has 0 amide bonds. The zero-order valence-electron chi connectivity index (χ0n) is 15.9. The monoisotopic (exact) mass is 390 g/mol. The minimum absolute atomic E-state index is 0.0617. The Hall–Kier alpha value is -1.96. The highest BCUT2D eigenvalue weighted by Gasteiger charge is 2.23. The average Bonchev–Trinajstić information content (AvgIpc) is 3.10. The number of morpholine rings is 1. The van der Waals surface area contributed by atoms with Gasteiger partial charge in [-0.3, -0.25) is 9.89 Å². The van der Waals surface area contributed by atoms with Gasteiger partial charge in [-0.25, -0.2) is 4.39 Å². The van der Waals surface area contributed by atoms with Crippen LogP contribution in [0.1, 0.15) is 22.0 Å². The fourth-order valence-electron chi connectivity index (χ4n) is 3.22. The van der Waals surface area contributed by atoms with Gasteiger partial charge in [0.05, 0.1) is 25.8 Å². The number of guanidine groups is 1. The van der Waals surface area contributed by atoms with Crippen molar-refractivity contribution in [2.24, 2.45) is 4.99 Å². The zero-order chi connectivity index (χ0) is 19.1. The summed E-state index contributed by atoms with van der Waals surface area (Å²) in [7, 11) is 1.77. The molecule has 2 aromatic rings. The molecular weight excluding hydrogens is 363 g/mol. The number of halogens is 1. The summed E-state index contributed by atoms with van der Waals surface area (Å²) < 4.78 is 19.3. The Morgan fingerprint density at radius 1 is 1.30 bits per heavy atom. The van der Waals surface area contributed by atoms with E-state index in [2.05, 4.69) is 38.9 Å². The molecule has 1 aromatic carbocycles. The quantitative estimate of drug-likeness (QED) is 0.588. The molecule has 7 heteroatoms. The Bertz CT molecular complexity index is 758. The number of nitrogens with one attached hydrogen (secondary N) is 2. The van der Waals surface area contributed by atoms with E-state index in [0.717, 1.165) is 31.2 Å². The van der Waals surface area contributed by atoms with Gasteiger partial charge in [0, 0.05) is 31.6 Å². The number of aryl methyl sites for hydroxylation is 1. The minimum atomic E-state index is -0.207. The van der Waals surface area contributed by atoms with Crippen molar-refractivity contribution in [3.63, 3.8) is 0 Å². The summed E-state index contributed by atoms with van der Waals surface area (Å²) in [4.78, 5) is 7.96. The molecule has 0 saturated carbocycles. The van der Waals surface area contributed by atoms with Gasteiger partial charge in [-0.05, 0) is 41.6 Å². The van der Waals surface area contributed by atoms with E-state index in [1.807, 2.05) is 6.07 Å². The van der Waals surface area contributed by atoms with Crippen molar-refractivity contribution in [1.29, 1.82) is 0 Å². The number of ether oxygens (including phenoxy) is 1. The van der Waals surface area contributed by atoms with Crippen molar-refractivity contribution in [2.45, 2.75) is 19.5 Å². The van der Waals surface area contributed by atoms with Crippen LogP contribution < -0.4 is 10.6 Å². The third-order valence-electron chi connectivity index (χ3n) is 4.79. The zero-order valence-corrected chi connectivity index (χ0v) is 16.7. The highest BCUT2D eigenvalue weighted by Crippen LogP contribution is 2.22. The standard InChI is InChI=1S/C20H27FN4OS/c1-15-6-11-27-19(15)14-24-20(22-2)23-13-18(25-7-9-26-10-8-25)16-4-3-5-17(21)12-16/h3-6,11-12,18H,7-10,13-14H2,1-2H3,(H2,22,23,24). The average molecular weight is 391 g/mol. The van der Waals surface area contributed by atoms with E-state index in [-0.39, 0.29) is 11.9 Å². The Morgan fingerprint density at radius 2 is 2.11 bits per heavy atom. The van der Waals surface area contributed by atoms with Crippen LogP contribution in [-0.2, 0) is 11.3 Å². The molecule has 3 rings (SSSR count). The first-order valence-electron chi connectivity index (χ1n) is 9.22. The molecule has 1 saturated heterocycles. The Balaban J connectivity index is 1.64. The summed E-state index contributed by atoms with van der Waals surface area (Å²) >= 11 is 1.74. The fourth-order valence-corrected chi connectivity index (χ4v) is 4.07. The number of rotatable bonds is 6. The SMILES string of the molecule is CN=C(NCc1sccc1C)NCC(c1cccc(F)c1)N1CCOCC1. The van der Waals surface area contributed by atoms with Gasteiger partial charge in [0.1, 0.15) is 5.82 Å². The Morgan fingerprint density at radius 3 is 2.78 bits per heavy atom. The smallest absolute Gasteiger partial charge is 0.191 e. The molecule has 0 spiro atoms. The Kier molecular flexibility index (Phi) is 7.20. The molecule has 0 bridgehead atoms. The van der Waals surface area contributed by atoms with E-state index in [1.165, 1.54) is 16.5 Å². The number of nitrogens with zero attached hydrogens (tertiary/aromatic N) is 2. The molecule has 1 atom stereocenters. The first kappa shape index (κ1) is 19.8. The van der Waals surface area contributed by atoms with Crippen molar-refractivity contribution in [3.8, 4) is 0 Å². The first-order valence-corrected chi connectivity index (χ1v) is 10.1. The highest BCUT2D eigenvalue weighted by molar-refractivity contribution is 7.10. The molecule has 5 nitrogen and oxygen atoms in total. The van der Waals surface area contributed by atoms with Gasteiger partial charge in [0.15, 0.2) is 5.96 Å². The molecule has 146 valence electrons. The van der Waals surface area contributed by atoms with Gasteiger partial charge in [0.25, 0.3) is 0 Å². The van der Waals surface area contributed by atoms with E-state index < -0.39 is 0 Å². The molecule has 1 unspecified atom stereocenters. The molecule has 0 aliphatic carbocycles. The first-order chi connectivity index (χ1) is 13.2. The van der Waals surface area contributed by atoms with Crippen LogP contribution in [0.15, 0.2) is 40.7 Å². The van der Waals surface area contributed by atoms with Crippen molar-refractivity contribution in [1.82, 2.24) is 15.5 Å². The molecule has 1 aromatic heterocycles. The molecule has 1 fully saturated rings. The lowest BCUT2D eigenvalue weighted by Crippen LogP contribution is -2.46. The van der Waals surface area contributed by atoms with Gasteiger partial charge in [-0.15, -0.1) is 11.3 Å². The summed E-state index contributed by atoms with van der Waals surface area (Å²) in [6.07, 6.45) is 0. The van der Waals surface area contributed by atoms with E-state index >= 15 is 0 Å². The Labute approximate surface area is 164 Å². The lowest BCUT2D eigenvalue weighted by atomic mass is 10.0. The van der Waals surface area contributed by atoms with Crippen LogP contribution in [-0.4, -0.2) is 50.8 Å². The lowest BCUT2D eigenvalue weighted by molar-refractivity contribution is 0.0169. The summed E-state index contributed by atoms with van der Waals surface area (Å²) in [6.45, 7) is 6.58. The maximum atomic E-state index is 13.8. The summed E-state index contributed by atoms with van der Waals surface area (Å²) in [5.74, 6) is 0.541. The number of aliphatic imine (C=N–C) groups is 1. The number of hydrogen-bond acceptors (Lipinski definition) is 4. The van der Waals surface area contributed by atoms with E-state index in [4.69, 9.17) is 4.74 Å². The molecule has 2 N–H and O–H groups in total. The van der Waals surface area contributed by atoms with E-state index in [0.29, 0.717) is 19.8 Å². The second kappa shape index (κ2) is 9.82. The van der Waals surface area contributed by atoms with Crippen LogP contribution >= 0.6 is 11.3 Å². The molecule has 1 aliphatic heterocycles. The normalized spacial score (nSPS) is 16.9. The molecule has 0 radical (unpaired) electrons. The topological polar surface area (TPSA) is 48.9 Å². The number of benzene rings is 1. The summed E-state index contributed by atoms with van der Waals surface area (Å²) in [5.41, 5.74) is 2.25. The maximum absolute atomic E-state index is 13.8. The van der Waals surface area contributed by atoms with E-state index in [9.17, 15) is 4.39 Å². The van der Waals surface area contributed by atoms with Crippen LogP contribution in [0.4, 0.5) is 4.39 Å². The predicted octanol–water partition coefficient (Wildman–Crippen LogP) is 2.93. The third-order valence-corrected chi connectivity index (χ3v) is 5.81. The molecule has 27 heavy (non-hydrogen) atoms. The largest absolute Gasteiger partial charge is 0.379 e. The van der Waals surface area contributed by atoms with Crippen molar-refractivity contribution in [3.05, 3.63) is 57.5 Å². The second-order valence-corrected chi connectivity index (χ2v) is 7.55. The molecular formula is C20H27FN4OS. The summed E-state index contributed by atoms with van der Waals surface area (Å²) in [6, 6.07) is 9.04. The van der Waals surface area contributed by atoms with Gasteiger partial charge in [-0.2, -0.15) is 0 Å².